The Kier molecular flexibility index (Phi) is 8.60. The fourth-order valence-corrected chi connectivity index (χ4v) is 3.91. The van der Waals surface area contributed by atoms with Gasteiger partial charge in [-0.05, 0) is 48.9 Å². The number of carbonyl (C=O) groups excluding carboxylic acids is 2. The summed E-state index contributed by atoms with van der Waals surface area (Å²) in [7, 11) is 2.96. The summed E-state index contributed by atoms with van der Waals surface area (Å²) < 4.78 is 13.7. The number of non-ortho nitro benzene ring substituents is 1. The molecule has 0 fully saturated rings. The first-order chi connectivity index (χ1) is 20.5. The summed E-state index contributed by atoms with van der Waals surface area (Å²) in [5.41, 5.74) is 1.77. The lowest BCUT2D eigenvalue weighted by molar-refractivity contribution is -0.394. The van der Waals surface area contributed by atoms with E-state index in [9.17, 15) is 34.6 Å². The van der Waals surface area contributed by atoms with Crippen LogP contribution in [0.5, 0.6) is 17.2 Å². The number of hydrogen-bond acceptors (Lipinski definition) is 10. The summed E-state index contributed by atoms with van der Waals surface area (Å²) in [6.07, 6.45) is 1.20. The Morgan fingerprint density at radius 1 is 0.930 bits per heavy atom. The largest absolute Gasteiger partial charge is 0.493 e. The van der Waals surface area contributed by atoms with E-state index in [1.807, 2.05) is 0 Å². The summed E-state index contributed by atoms with van der Waals surface area (Å²) in [5.74, 6) is -2.33. The van der Waals surface area contributed by atoms with Crippen molar-refractivity contribution in [3.05, 3.63) is 109 Å². The van der Waals surface area contributed by atoms with Gasteiger partial charge in [-0.25, -0.2) is 10.1 Å². The van der Waals surface area contributed by atoms with Gasteiger partial charge in [-0.15, -0.1) is 0 Å². The summed E-state index contributed by atoms with van der Waals surface area (Å²) >= 11 is 0. The van der Waals surface area contributed by atoms with Crippen LogP contribution in [0, 0.1) is 27.2 Å². The van der Waals surface area contributed by atoms with Gasteiger partial charge in [0.25, 0.3) is 11.2 Å². The Morgan fingerprint density at radius 2 is 1.63 bits per heavy atom. The molecule has 2 N–H and O–H groups in total. The van der Waals surface area contributed by atoms with E-state index < -0.39 is 38.6 Å². The van der Waals surface area contributed by atoms with Gasteiger partial charge in [0.05, 0.1) is 40.6 Å². The maximum Gasteiger partial charge on any atom is 0.329 e. The van der Waals surface area contributed by atoms with E-state index in [-0.39, 0.29) is 22.9 Å². The number of methoxy groups -OCH3 is 1. The molecule has 1 heterocycles. The standard InChI is InChI=1S/C27H23N7O9/c1-16-24(27(37)32(31(16)2)18-7-5-4-6-8-18)29-25(35)26(36)30-28-15-17-9-11-22(23(13-17)42-3)43-21-12-10-19(33(38)39)14-20(21)34(40)41/h4-15H,1-3H3,(H,29,35)(H,30,36). The third-order valence-electron chi connectivity index (χ3n) is 6.14. The van der Waals surface area contributed by atoms with Crippen LogP contribution in [-0.4, -0.2) is 44.3 Å². The van der Waals surface area contributed by atoms with Gasteiger partial charge in [0.2, 0.25) is 5.75 Å². The minimum Gasteiger partial charge on any atom is -0.493 e. The van der Waals surface area contributed by atoms with Crippen molar-refractivity contribution in [3.8, 4) is 22.9 Å². The molecule has 0 bridgehead atoms. The van der Waals surface area contributed by atoms with Crippen molar-refractivity contribution in [3.63, 3.8) is 0 Å². The van der Waals surface area contributed by atoms with Crippen LogP contribution in [0.3, 0.4) is 0 Å². The Morgan fingerprint density at radius 3 is 2.28 bits per heavy atom. The Hall–Kier alpha value is -6.32. The van der Waals surface area contributed by atoms with Gasteiger partial charge in [0.1, 0.15) is 5.69 Å². The van der Waals surface area contributed by atoms with Gasteiger partial charge in [-0.2, -0.15) is 5.10 Å². The fourth-order valence-electron chi connectivity index (χ4n) is 3.91. The molecule has 43 heavy (non-hydrogen) atoms. The van der Waals surface area contributed by atoms with Crippen LogP contribution < -0.4 is 25.8 Å². The third kappa shape index (κ3) is 6.37. The molecule has 1 aromatic heterocycles. The number of ether oxygens (including phenoxy) is 2. The van der Waals surface area contributed by atoms with Crippen molar-refractivity contribution in [2.45, 2.75) is 6.92 Å². The molecule has 0 aliphatic rings. The number of nitrogens with zero attached hydrogens (tertiary/aromatic N) is 5. The summed E-state index contributed by atoms with van der Waals surface area (Å²) in [6.45, 7) is 1.62. The normalized spacial score (nSPS) is 10.8. The van der Waals surface area contributed by atoms with Crippen LogP contribution in [-0.2, 0) is 16.6 Å². The maximum atomic E-state index is 12.9. The van der Waals surface area contributed by atoms with E-state index in [4.69, 9.17) is 9.47 Å². The van der Waals surface area contributed by atoms with Crippen molar-refractivity contribution in [1.82, 2.24) is 14.8 Å². The number of hydrogen-bond donors (Lipinski definition) is 2. The molecular formula is C27H23N7O9. The maximum absolute atomic E-state index is 12.9. The second kappa shape index (κ2) is 12.5. The van der Waals surface area contributed by atoms with Crippen LogP contribution >= 0.6 is 0 Å². The van der Waals surface area contributed by atoms with Gasteiger partial charge >= 0.3 is 17.5 Å². The van der Waals surface area contributed by atoms with Gasteiger partial charge in [0, 0.05) is 13.1 Å². The molecule has 16 heteroatoms. The zero-order valence-electron chi connectivity index (χ0n) is 22.8. The molecular weight excluding hydrogens is 566 g/mol. The Labute approximate surface area is 242 Å². The molecule has 0 saturated heterocycles. The number of anilines is 1. The van der Waals surface area contributed by atoms with Gasteiger partial charge in [-0.3, -0.25) is 39.3 Å². The number of carbonyl (C=O) groups is 2. The minimum absolute atomic E-state index is 0.0550. The number of para-hydroxylation sites is 1. The molecule has 2 amide bonds. The predicted octanol–water partition coefficient (Wildman–Crippen LogP) is 3.19. The van der Waals surface area contributed by atoms with E-state index in [1.54, 1.807) is 49.0 Å². The highest BCUT2D eigenvalue weighted by Gasteiger charge is 2.23. The average Bonchev–Trinajstić information content (AvgIpc) is 3.20. The number of aromatic nitrogens is 2. The lowest BCUT2D eigenvalue weighted by Crippen LogP contribution is -2.34. The van der Waals surface area contributed by atoms with Crippen molar-refractivity contribution in [2.24, 2.45) is 12.1 Å². The molecule has 3 aromatic carbocycles. The minimum atomic E-state index is -1.14. The monoisotopic (exact) mass is 589 g/mol. The van der Waals surface area contributed by atoms with E-state index in [0.29, 0.717) is 16.9 Å². The number of nitrogens with one attached hydrogen (secondary N) is 2. The Balaban J connectivity index is 1.45. The quantitative estimate of drug-likeness (QED) is 0.127. The predicted molar refractivity (Wildman–Crippen MR) is 153 cm³/mol. The second-order valence-corrected chi connectivity index (χ2v) is 8.77. The number of amides is 2. The van der Waals surface area contributed by atoms with Crippen molar-refractivity contribution in [1.29, 1.82) is 0 Å². The van der Waals surface area contributed by atoms with Crippen LogP contribution in [0.25, 0.3) is 5.69 Å². The van der Waals surface area contributed by atoms with Crippen LogP contribution in [0.15, 0.2) is 76.6 Å². The topological polar surface area (TPSA) is 202 Å². The van der Waals surface area contributed by atoms with Crippen molar-refractivity contribution >= 4 is 35.1 Å². The highest BCUT2D eigenvalue weighted by atomic mass is 16.6. The number of nitro groups is 2. The van der Waals surface area contributed by atoms with Crippen LogP contribution in [0.1, 0.15) is 11.3 Å². The van der Waals surface area contributed by atoms with Crippen LogP contribution in [0.4, 0.5) is 17.1 Å². The fraction of sp³-hybridized carbons (Fsp3) is 0.111. The number of nitro benzene ring substituents is 2. The second-order valence-electron chi connectivity index (χ2n) is 8.77. The van der Waals surface area contributed by atoms with Gasteiger partial charge in [-0.1, -0.05) is 18.2 Å². The first kappa shape index (κ1) is 29.7. The van der Waals surface area contributed by atoms with E-state index in [2.05, 4.69) is 15.8 Å². The number of hydrazone groups is 1. The smallest absolute Gasteiger partial charge is 0.329 e. The molecule has 0 saturated carbocycles. The van der Waals surface area contributed by atoms with E-state index in [0.717, 1.165) is 18.2 Å². The summed E-state index contributed by atoms with van der Waals surface area (Å²) in [6, 6.07) is 16.0. The van der Waals surface area contributed by atoms with E-state index >= 15 is 0 Å². The summed E-state index contributed by atoms with van der Waals surface area (Å²) in [5, 5.41) is 28.4. The Bertz CT molecular complexity index is 1830. The third-order valence-corrected chi connectivity index (χ3v) is 6.14. The molecule has 0 unspecified atom stereocenters. The van der Waals surface area contributed by atoms with E-state index in [1.165, 1.54) is 36.2 Å². The molecule has 0 spiro atoms. The number of rotatable bonds is 9. The highest BCUT2D eigenvalue weighted by molar-refractivity contribution is 6.39. The molecule has 0 aliphatic carbocycles. The zero-order valence-corrected chi connectivity index (χ0v) is 22.8. The first-order valence-corrected chi connectivity index (χ1v) is 12.3. The number of benzene rings is 3. The first-order valence-electron chi connectivity index (χ1n) is 12.3. The highest BCUT2D eigenvalue weighted by Crippen LogP contribution is 2.38. The average molecular weight is 590 g/mol. The van der Waals surface area contributed by atoms with Gasteiger partial charge < -0.3 is 14.8 Å². The molecule has 220 valence electrons. The van der Waals surface area contributed by atoms with Crippen molar-refractivity contribution in [2.75, 3.05) is 12.4 Å². The zero-order chi connectivity index (χ0) is 31.3. The van der Waals surface area contributed by atoms with Crippen molar-refractivity contribution < 1.29 is 28.9 Å². The SMILES string of the molecule is COc1cc(C=NNC(=O)C(=O)Nc2c(C)n(C)n(-c3ccccc3)c2=O)ccc1Oc1ccc([N+](=O)[O-])cc1[N+](=O)[O-]. The summed E-state index contributed by atoms with van der Waals surface area (Å²) in [4.78, 5) is 58.6. The lowest BCUT2D eigenvalue weighted by Gasteiger charge is -2.11. The molecule has 4 aromatic rings. The lowest BCUT2D eigenvalue weighted by atomic mass is 10.2. The van der Waals surface area contributed by atoms with Crippen LogP contribution in [0.2, 0.25) is 0 Å². The van der Waals surface area contributed by atoms with Gasteiger partial charge in [0.15, 0.2) is 11.5 Å². The molecule has 0 aliphatic heterocycles. The molecule has 0 atom stereocenters. The molecule has 16 nitrogen and oxygen atoms in total. The molecule has 0 radical (unpaired) electrons. The molecule has 4 rings (SSSR count).